The molecule has 0 aromatic rings. The molecule has 0 spiro atoms. The van der Waals surface area contributed by atoms with Gasteiger partial charge in [0, 0.05) is 0 Å². The second kappa shape index (κ2) is 8.27. The molecule has 0 atom stereocenters. The fourth-order valence-electron chi connectivity index (χ4n) is 0.250. The van der Waals surface area contributed by atoms with Crippen molar-refractivity contribution in [2.45, 2.75) is 25.7 Å². The molecule has 0 amide bonds. The molecule has 0 unspecified atom stereocenters. The summed E-state index contributed by atoms with van der Waals surface area (Å²) >= 11 is 0. The fraction of sp³-hybridized carbons (Fsp3) is 1.00. The van der Waals surface area contributed by atoms with E-state index in [2.05, 4.69) is 0 Å². The van der Waals surface area contributed by atoms with E-state index in [0.717, 1.165) is 0 Å². The van der Waals surface area contributed by atoms with Crippen molar-refractivity contribution < 1.29 is 106 Å². The smallest absolute Gasteiger partial charge is 1.00 e. The van der Waals surface area contributed by atoms with Crippen LogP contribution in [0.25, 0.3) is 0 Å². The molecule has 28 valence electrons. The van der Waals surface area contributed by atoms with Gasteiger partial charge in [0.05, 0.1) is 0 Å². The van der Waals surface area contributed by atoms with Crippen LogP contribution in [0.15, 0.2) is 0 Å². The Morgan fingerprint density at radius 1 is 0.667 bits per heavy atom. The Morgan fingerprint density at radius 2 is 0.833 bits per heavy atom. The molecule has 2 heteroatoms. The van der Waals surface area contributed by atoms with E-state index in [4.69, 9.17) is 0 Å². The van der Waals surface area contributed by atoms with E-state index < -0.39 is 0 Å². The fourth-order valence-corrected chi connectivity index (χ4v) is 0.250. The summed E-state index contributed by atoms with van der Waals surface area (Å²) in [6.45, 7) is 0. The monoisotopic (exact) mass is 136 g/mol. The Morgan fingerprint density at radius 3 is 0.833 bits per heavy atom. The van der Waals surface area contributed by atoms with Crippen molar-refractivity contribution in [2.75, 3.05) is 0 Å². The van der Waals surface area contributed by atoms with E-state index in [1.165, 1.54) is 25.7 Å². The van der Waals surface area contributed by atoms with Gasteiger partial charge in [-0.1, -0.05) is 25.7 Å². The first kappa shape index (κ1) is 12.0. The maximum absolute atomic E-state index is 1.50. The minimum Gasteiger partial charge on any atom is -1.00 e. The molecule has 1 saturated carbocycles. The molecular formula is C4H10K2. The molecule has 0 nitrogen and oxygen atoms in total. The molecule has 1 aliphatic carbocycles. The summed E-state index contributed by atoms with van der Waals surface area (Å²) in [7, 11) is 0. The number of hydrogen-bond donors (Lipinski definition) is 0. The predicted molar refractivity (Wildman–Crippen MR) is 20.7 cm³/mol. The second-order valence-electron chi connectivity index (χ2n) is 1.41. The van der Waals surface area contributed by atoms with Gasteiger partial charge in [0.2, 0.25) is 0 Å². The summed E-state index contributed by atoms with van der Waals surface area (Å²) in [4.78, 5) is 0. The van der Waals surface area contributed by atoms with Gasteiger partial charge >= 0.3 is 103 Å². The Labute approximate surface area is 128 Å². The summed E-state index contributed by atoms with van der Waals surface area (Å²) in [6, 6.07) is 0. The molecule has 1 fully saturated rings. The van der Waals surface area contributed by atoms with Crippen LogP contribution in [0.1, 0.15) is 28.5 Å². The van der Waals surface area contributed by atoms with E-state index >= 15 is 0 Å². The SMILES string of the molecule is C1CCC1.[H-].[H-].[K+].[K+]. The van der Waals surface area contributed by atoms with Gasteiger partial charge in [-0.15, -0.1) is 0 Å². The third kappa shape index (κ3) is 5.41. The van der Waals surface area contributed by atoms with Gasteiger partial charge in [-0.2, -0.15) is 0 Å². The molecule has 6 heavy (non-hydrogen) atoms. The molecule has 0 heterocycles. The summed E-state index contributed by atoms with van der Waals surface area (Å²) in [5.74, 6) is 0. The van der Waals surface area contributed by atoms with Crippen molar-refractivity contribution in [3.63, 3.8) is 0 Å². The van der Waals surface area contributed by atoms with E-state index in [0.29, 0.717) is 0 Å². The van der Waals surface area contributed by atoms with Gasteiger partial charge in [0.15, 0.2) is 0 Å². The van der Waals surface area contributed by atoms with Gasteiger partial charge in [-0.05, 0) is 0 Å². The van der Waals surface area contributed by atoms with E-state index in [-0.39, 0.29) is 106 Å². The van der Waals surface area contributed by atoms with E-state index in [1.807, 2.05) is 0 Å². The van der Waals surface area contributed by atoms with Gasteiger partial charge in [0.25, 0.3) is 0 Å². The molecule has 0 aliphatic heterocycles. The van der Waals surface area contributed by atoms with Crippen LogP contribution in [-0.2, 0) is 0 Å². The first-order valence-corrected chi connectivity index (χ1v) is 2.00. The van der Waals surface area contributed by atoms with E-state index in [1.54, 1.807) is 0 Å². The molecule has 1 rings (SSSR count). The van der Waals surface area contributed by atoms with Crippen molar-refractivity contribution in [3.8, 4) is 0 Å². The largest absolute Gasteiger partial charge is 1.00 e. The second-order valence-corrected chi connectivity index (χ2v) is 1.41. The first-order chi connectivity index (χ1) is 2.00. The van der Waals surface area contributed by atoms with E-state index in [9.17, 15) is 0 Å². The molecule has 0 bridgehead atoms. The van der Waals surface area contributed by atoms with Crippen molar-refractivity contribution >= 4 is 0 Å². The summed E-state index contributed by atoms with van der Waals surface area (Å²) in [5, 5.41) is 0. The average Bonchev–Trinajstić information content (AvgIpc) is 0.722. The summed E-state index contributed by atoms with van der Waals surface area (Å²) in [5.41, 5.74) is 0. The van der Waals surface area contributed by atoms with Crippen LogP contribution >= 0.6 is 0 Å². The van der Waals surface area contributed by atoms with Crippen LogP contribution in [0.4, 0.5) is 0 Å². The van der Waals surface area contributed by atoms with Crippen LogP contribution in [0.2, 0.25) is 0 Å². The van der Waals surface area contributed by atoms with Gasteiger partial charge < -0.3 is 2.85 Å². The topological polar surface area (TPSA) is 0 Å². The summed E-state index contributed by atoms with van der Waals surface area (Å²) < 4.78 is 0. The molecule has 1 aliphatic rings. The molecular weight excluding hydrogens is 126 g/mol. The Hall–Kier alpha value is 3.27. The van der Waals surface area contributed by atoms with Gasteiger partial charge in [0.1, 0.15) is 0 Å². The minimum atomic E-state index is 0. The van der Waals surface area contributed by atoms with Gasteiger partial charge in [-0.3, -0.25) is 0 Å². The maximum atomic E-state index is 1.50. The van der Waals surface area contributed by atoms with Gasteiger partial charge in [-0.25, -0.2) is 0 Å². The van der Waals surface area contributed by atoms with Crippen LogP contribution in [0.3, 0.4) is 0 Å². The van der Waals surface area contributed by atoms with Crippen molar-refractivity contribution in [1.82, 2.24) is 0 Å². The Balaban J connectivity index is -0.0000000200. The van der Waals surface area contributed by atoms with Crippen molar-refractivity contribution in [3.05, 3.63) is 0 Å². The normalized spacial score (nSPS) is 16.0. The predicted octanol–water partition coefficient (Wildman–Crippen LogP) is -4.21. The number of rotatable bonds is 0. The molecule has 0 N–H and O–H groups in total. The standard InChI is InChI=1S/C4H8.2K.2H/c1-2-4-3-1;;;;/h1-4H2;;;;/q;2*+1;2*-1. The van der Waals surface area contributed by atoms with Crippen molar-refractivity contribution in [1.29, 1.82) is 0 Å². The van der Waals surface area contributed by atoms with Crippen molar-refractivity contribution in [2.24, 2.45) is 0 Å². The van der Waals surface area contributed by atoms with Crippen LogP contribution in [-0.4, -0.2) is 0 Å². The zero-order valence-corrected chi connectivity index (χ0v) is 11.1. The quantitative estimate of drug-likeness (QED) is 0.296. The minimum absolute atomic E-state index is 0. The van der Waals surface area contributed by atoms with Crippen LogP contribution < -0.4 is 103 Å². The molecule has 0 radical (unpaired) electrons. The summed E-state index contributed by atoms with van der Waals surface area (Å²) in [6.07, 6.45) is 6.00. The molecule has 0 aromatic heterocycles. The maximum Gasteiger partial charge on any atom is 1.00 e. The van der Waals surface area contributed by atoms with Crippen LogP contribution in [0.5, 0.6) is 0 Å². The Bertz CT molecular complexity index is 20.0. The van der Waals surface area contributed by atoms with Crippen LogP contribution in [0, 0.1) is 0 Å². The zero-order valence-electron chi connectivity index (χ0n) is 6.83. The molecule has 0 saturated heterocycles. The average molecular weight is 136 g/mol. The third-order valence-electron chi connectivity index (χ3n) is 1.000. The molecule has 0 aromatic carbocycles. The third-order valence-corrected chi connectivity index (χ3v) is 1.000. The first-order valence-electron chi connectivity index (χ1n) is 2.00. The Kier molecular flexibility index (Phi) is 16.5. The number of hydrogen-bond acceptors (Lipinski definition) is 0. The zero-order chi connectivity index (χ0) is 2.83.